The molecule has 2 rings (SSSR count). The molecule has 0 spiro atoms. The zero-order chi connectivity index (χ0) is 11.2. The number of hydrogen-bond donors (Lipinski definition) is 2. The third-order valence-electron chi connectivity index (χ3n) is 3.02. The number of allylic oxidation sites excluding steroid dienone is 1. The first-order chi connectivity index (χ1) is 7.92. The van der Waals surface area contributed by atoms with E-state index in [1.807, 2.05) is 6.20 Å². The van der Waals surface area contributed by atoms with E-state index in [-0.39, 0.29) is 6.04 Å². The standard InChI is InChI=1S/C12H20N4/c1-2-8-13-12(11-9-14-16-15-11)10-6-4-3-5-7-10/h6,9,12-13H,2-5,7-8H2,1H3,(H,14,15,16). The van der Waals surface area contributed by atoms with Crippen molar-refractivity contribution in [2.75, 3.05) is 6.54 Å². The van der Waals surface area contributed by atoms with E-state index in [0.29, 0.717) is 0 Å². The fourth-order valence-electron chi connectivity index (χ4n) is 2.19. The molecule has 1 unspecified atom stereocenters. The molecule has 0 amide bonds. The predicted molar refractivity (Wildman–Crippen MR) is 64.0 cm³/mol. The Morgan fingerprint density at radius 1 is 1.50 bits per heavy atom. The number of aromatic nitrogens is 3. The summed E-state index contributed by atoms with van der Waals surface area (Å²) in [6, 6.07) is 0.263. The number of nitrogens with zero attached hydrogens (tertiary/aromatic N) is 2. The van der Waals surface area contributed by atoms with Crippen LogP contribution in [0.4, 0.5) is 0 Å². The van der Waals surface area contributed by atoms with Crippen LogP contribution in [0.3, 0.4) is 0 Å². The molecule has 1 aromatic rings. The van der Waals surface area contributed by atoms with Crippen molar-refractivity contribution in [3.8, 4) is 0 Å². The maximum absolute atomic E-state index is 4.21. The Morgan fingerprint density at radius 3 is 3.06 bits per heavy atom. The van der Waals surface area contributed by atoms with Crippen LogP contribution in [0.25, 0.3) is 0 Å². The molecule has 1 aliphatic carbocycles. The normalized spacial score (nSPS) is 18.2. The van der Waals surface area contributed by atoms with Crippen molar-refractivity contribution >= 4 is 0 Å². The van der Waals surface area contributed by atoms with Crippen LogP contribution in [0.1, 0.15) is 50.8 Å². The molecule has 4 heteroatoms. The maximum atomic E-state index is 4.21. The smallest absolute Gasteiger partial charge is 0.104 e. The molecule has 1 atom stereocenters. The SMILES string of the molecule is CCCNC(C1=CCCCC1)c1cn[nH]n1. The highest BCUT2D eigenvalue weighted by Crippen LogP contribution is 2.28. The molecule has 2 N–H and O–H groups in total. The number of hydrogen-bond acceptors (Lipinski definition) is 3. The van der Waals surface area contributed by atoms with Crippen LogP contribution < -0.4 is 5.32 Å². The minimum absolute atomic E-state index is 0.263. The molecule has 0 radical (unpaired) electrons. The van der Waals surface area contributed by atoms with Crippen molar-refractivity contribution in [3.05, 3.63) is 23.5 Å². The molecular formula is C12H20N4. The first-order valence-corrected chi connectivity index (χ1v) is 6.19. The van der Waals surface area contributed by atoms with Gasteiger partial charge in [0.1, 0.15) is 5.69 Å². The molecule has 0 saturated carbocycles. The molecule has 88 valence electrons. The lowest BCUT2D eigenvalue weighted by Gasteiger charge is -2.22. The molecule has 0 fully saturated rings. The van der Waals surface area contributed by atoms with Crippen LogP contribution in [0.5, 0.6) is 0 Å². The topological polar surface area (TPSA) is 53.6 Å². The van der Waals surface area contributed by atoms with Crippen LogP contribution in [-0.4, -0.2) is 22.0 Å². The highest BCUT2D eigenvalue weighted by atomic mass is 15.3. The first kappa shape index (κ1) is 11.3. The fourth-order valence-corrected chi connectivity index (χ4v) is 2.19. The molecule has 1 aliphatic rings. The van der Waals surface area contributed by atoms with Crippen molar-refractivity contribution in [2.45, 2.75) is 45.1 Å². The van der Waals surface area contributed by atoms with E-state index in [4.69, 9.17) is 0 Å². The lowest BCUT2D eigenvalue weighted by Crippen LogP contribution is -2.25. The second kappa shape index (κ2) is 5.80. The minimum atomic E-state index is 0.263. The Bertz CT molecular complexity index is 329. The van der Waals surface area contributed by atoms with Gasteiger partial charge < -0.3 is 5.32 Å². The van der Waals surface area contributed by atoms with Gasteiger partial charge in [-0.3, -0.25) is 0 Å². The zero-order valence-electron chi connectivity index (χ0n) is 9.87. The van der Waals surface area contributed by atoms with Crippen LogP contribution in [0.15, 0.2) is 17.8 Å². The number of nitrogens with one attached hydrogen (secondary N) is 2. The van der Waals surface area contributed by atoms with Gasteiger partial charge >= 0.3 is 0 Å². The van der Waals surface area contributed by atoms with Gasteiger partial charge in [-0.25, -0.2) is 0 Å². The summed E-state index contributed by atoms with van der Waals surface area (Å²) in [6.07, 6.45) is 10.3. The van der Waals surface area contributed by atoms with Crippen LogP contribution in [0, 0.1) is 0 Å². The summed E-state index contributed by atoms with van der Waals surface area (Å²) in [7, 11) is 0. The monoisotopic (exact) mass is 220 g/mol. The van der Waals surface area contributed by atoms with Crippen LogP contribution in [-0.2, 0) is 0 Å². The van der Waals surface area contributed by atoms with E-state index >= 15 is 0 Å². The van der Waals surface area contributed by atoms with Gasteiger partial charge in [-0.1, -0.05) is 18.6 Å². The number of aromatic amines is 1. The Kier molecular flexibility index (Phi) is 4.10. The average Bonchev–Trinajstić information content (AvgIpc) is 2.85. The Hall–Kier alpha value is -1.16. The largest absolute Gasteiger partial charge is 0.305 e. The second-order valence-corrected chi connectivity index (χ2v) is 4.31. The predicted octanol–water partition coefficient (Wildman–Crippen LogP) is 2.35. The van der Waals surface area contributed by atoms with E-state index in [1.54, 1.807) is 0 Å². The molecule has 1 heterocycles. The highest BCUT2D eigenvalue weighted by molar-refractivity contribution is 5.21. The van der Waals surface area contributed by atoms with E-state index < -0.39 is 0 Å². The fraction of sp³-hybridized carbons (Fsp3) is 0.667. The van der Waals surface area contributed by atoms with Crippen molar-refractivity contribution in [1.82, 2.24) is 20.7 Å². The summed E-state index contributed by atoms with van der Waals surface area (Å²) < 4.78 is 0. The molecule has 4 nitrogen and oxygen atoms in total. The van der Waals surface area contributed by atoms with Gasteiger partial charge in [-0.15, -0.1) is 0 Å². The Labute approximate surface area is 96.5 Å². The summed E-state index contributed by atoms with van der Waals surface area (Å²) >= 11 is 0. The van der Waals surface area contributed by atoms with Gasteiger partial charge in [-0.05, 0) is 38.6 Å². The van der Waals surface area contributed by atoms with E-state index in [1.165, 1.54) is 31.3 Å². The van der Waals surface area contributed by atoms with E-state index in [2.05, 4.69) is 33.7 Å². The average molecular weight is 220 g/mol. The van der Waals surface area contributed by atoms with Crippen LogP contribution in [0.2, 0.25) is 0 Å². The highest BCUT2D eigenvalue weighted by Gasteiger charge is 2.19. The van der Waals surface area contributed by atoms with E-state index in [9.17, 15) is 0 Å². The summed E-state index contributed by atoms with van der Waals surface area (Å²) in [5, 5.41) is 14.4. The molecule has 0 saturated heterocycles. The summed E-state index contributed by atoms with van der Waals surface area (Å²) in [5.41, 5.74) is 2.50. The second-order valence-electron chi connectivity index (χ2n) is 4.31. The van der Waals surface area contributed by atoms with Crippen molar-refractivity contribution < 1.29 is 0 Å². The van der Waals surface area contributed by atoms with Crippen molar-refractivity contribution in [2.24, 2.45) is 0 Å². The Morgan fingerprint density at radius 2 is 2.44 bits per heavy atom. The molecular weight excluding hydrogens is 200 g/mol. The lowest BCUT2D eigenvalue weighted by atomic mass is 9.92. The van der Waals surface area contributed by atoms with Gasteiger partial charge in [0.2, 0.25) is 0 Å². The molecule has 0 aliphatic heterocycles. The third-order valence-corrected chi connectivity index (χ3v) is 3.02. The van der Waals surface area contributed by atoms with Gasteiger partial charge in [0.05, 0.1) is 12.2 Å². The van der Waals surface area contributed by atoms with Crippen molar-refractivity contribution in [1.29, 1.82) is 0 Å². The number of H-pyrrole nitrogens is 1. The van der Waals surface area contributed by atoms with Crippen LogP contribution >= 0.6 is 0 Å². The minimum Gasteiger partial charge on any atom is -0.305 e. The first-order valence-electron chi connectivity index (χ1n) is 6.19. The summed E-state index contributed by atoms with van der Waals surface area (Å²) in [5.74, 6) is 0. The molecule has 0 aromatic carbocycles. The van der Waals surface area contributed by atoms with Gasteiger partial charge in [0.25, 0.3) is 0 Å². The lowest BCUT2D eigenvalue weighted by molar-refractivity contribution is 0.536. The van der Waals surface area contributed by atoms with Gasteiger partial charge in [-0.2, -0.15) is 15.4 Å². The third kappa shape index (κ3) is 2.70. The maximum Gasteiger partial charge on any atom is 0.104 e. The molecule has 0 bridgehead atoms. The zero-order valence-corrected chi connectivity index (χ0v) is 9.87. The van der Waals surface area contributed by atoms with Gasteiger partial charge in [0.15, 0.2) is 0 Å². The van der Waals surface area contributed by atoms with Gasteiger partial charge in [0, 0.05) is 0 Å². The summed E-state index contributed by atoms with van der Waals surface area (Å²) in [4.78, 5) is 0. The Balaban J connectivity index is 2.10. The summed E-state index contributed by atoms with van der Waals surface area (Å²) in [6.45, 7) is 3.21. The molecule has 1 aromatic heterocycles. The quantitative estimate of drug-likeness (QED) is 0.749. The van der Waals surface area contributed by atoms with E-state index in [0.717, 1.165) is 18.7 Å². The molecule has 16 heavy (non-hydrogen) atoms. The number of rotatable bonds is 5. The van der Waals surface area contributed by atoms with Crippen molar-refractivity contribution in [3.63, 3.8) is 0 Å².